The number of hydrogen-bond donors (Lipinski definition) is 0. The van der Waals surface area contributed by atoms with Gasteiger partial charge >= 0.3 is 5.97 Å². The zero-order chi connectivity index (χ0) is 25.5. The van der Waals surface area contributed by atoms with E-state index in [1.54, 1.807) is 30.4 Å². The third-order valence-electron chi connectivity index (χ3n) is 5.17. The molecule has 0 spiro atoms. The summed E-state index contributed by atoms with van der Waals surface area (Å²) in [5.74, 6) is -0.602. The van der Waals surface area contributed by atoms with Gasteiger partial charge in [0, 0.05) is 5.56 Å². The van der Waals surface area contributed by atoms with Crippen molar-refractivity contribution in [3.05, 3.63) is 76.5 Å². The van der Waals surface area contributed by atoms with Gasteiger partial charge in [0.25, 0.3) is 11.1 Å². The summed E-state index contributed by atoms with van der Waals surface area (Å²) in [5, 5.41) is -0.547. The molecule has 1 aliphatic rings. The lowest BCUT2D eigenvalue weighted by Gasteiger charge is -2.18. The largest absolute Gasteiger partial charge is 0.490 e. The quantitative estimate of drug-likeness (QED) is 0.255. The minimum absolute atomic E-state index is 0.178. The number of carbonyl (C=O) groups is 3. The summed E-state index contributed by atoms with van der Waals surface area (Å²) in [7, 11) is 1.20. The number of hydrogen-bond acceptors (Lipinski definition) is 7. The zero-order valence-corrected chi connectivity index (χ0v) is 20.5. The number of imide groups is 1. The van der Waals surface area contributed by atoms with Crippen molar-refractivity contribution in [3.63, 3.8) is 0 Å². The van der Waals surface area contributed by atoms with Crippen LogP contribution in [-0.2, 0) is 27.4 Å². The number of carbonyl (C=O) groups excluding carboxylic acids is 3. The predicted octanol–water partition coefficient (Wildman–Crippen LogP) is 5.13. The Labute approximate surface area is 207 Å². The van der Waals surface area contributed by atoms with Gasteiger partial charge < -0.3 is 14.2 Å². The molecule has 2 aromatic carbocycles. The monoisotopic (exact) mass is 499 g/mol. The minimum atomic E-state index is -1.03. The van der Waals surface area contributed by atoms with Gasteiger partial charge in [0.2, 0.25) is 0 Å². The van der Waals surface area contributed by atoms with E-state index in [-0.39, 0.29) is 17.3 Å². The molecule has 7 nitrogen and oxygen atoms in total. The van der Waals surface area contributed by atoms with Crippen LogP contribution in [0.1, 0.15) is 30.5 Å². The lowest BCUT2D eigenvalue weighted by atomic mass is 10.0. The number of allylic oxidation sites excluding steroid dienone is 1. The van der Waals surface area contributed by atoms with Crippen LogP contribution in [0.4, 0.5) is 9.18 Å². The Hall–Kier alpha value is -3.59. The van der Waals surface area contributed by atoms with Crippen molar-refractivity contribution >= 4 is 35.0 Å². The molecule has 2 aromatic rings. The highest BCUT2D eigenvalue weighted by atomic mass is 32.2. The number of benzene rings is 2. The van der Waals surface area contributed by atoms with E-state index >= 15 is 0 Å². The standard InChI is InChI=1S/C26H26FNO6S/c1-5-7-19-12-18(14-22-24(29)28(26(31)35-22)16(3)25(30)32-4)13-21(33-6-2)23(19)34-15-17-8-10-20(27)11-9-17/h5,8-14,16H,1,6-7,15H2,2-4H3/b22-14+/t16-/m1/s1. The van der Waals surface area contributed by atoms with Crippen molar-refractivity contribution in [2.24, 2.45) is 0 Å². The SMILES string of the molecule is C=CCc1cc(/C=C2/SC(=O)N([C@H](C)C(=O)OC)C2=O)cc(OCC)c1OCc1ccc(F)cc1. The lowest BCUT2D eigenvalue weighted by molar-refractivity contribution is -0.148. The second kappa shape index (κ2) is 11.7. The summed E-state index contributed by atoms with van der Waals surface area (Å²) in [5.41, 5.74) is 2.17. The molecule has 0 bridgehead atoms. The van der Waals surface area contributed by atoms with Gasteiger partial charge in [-0.15, -0.1) is 6.58 Å². The van der Waals surface area contributed by atoms with Crippen LogP contribution < -0.4 is 9.47 Å². The van der Waals surface area contributed by atoms with Crippen molar-refractivity contribution in [3.8, 4) is 11.5 Å². The normalized spacial score (nSPS) is 15.3. The van der Waals surface area contributed by atoms with E-state index in [1.165, 1.54) is 26.2 Å². The number of nitrogens with zero attached hydrogens (tertiary/aromatic N) is 1. The van der Waals surface area contributed by atoms with E-state index in [0.29, 0.717) is 30.1 Å². The maximum Gasteiger partial charge on any atom is 0.328 e. The predicted molar refractivity (Wildman–Crippen MR) is 132 cm³/mol. The minimum Gasteiger partial charge on any atom is -0.490 e. The van der Waals surface area contributed by atoms with Crippen molar-refractivity contribution in [2.75, 3.05) is 13.7 Å². The first kappa shape index (κ1) is 26.0. The van der Waals surface area contributed by atoms with Crippen LogP contribution in [-0.4, -0.2) is 41.8 Å². The number of esters is 1. The molecule has 0 unspecified atom stereocenters. The van der Waals surface area contributed by atoms with Gasteiger partial charge in [0.1, 0.15) is 18.5 Å². The molecule has 1 saturated heterocycles. The van der Waals surface area contributed by atoms with Crippen molar-refractivity contribution in [2.45, 2.75) is 32.9 Å². The van der Waals surface area contributed by atoms with Gasteiger partial charge in [-0.1, -0.05) is 18.2 Å². The summed E-state index contributed by atoms with van der Waals surface area (Å²) in [4.78, 5) is 38.2. The van der Waals surface area contributed by atoms with Crippen LogP contribution in [0, 0.1) is 5.82 Å². The first-order valence-electron chi connectivity index (χ1n) is 10.9. The second-order valence-electron chi connectivity index (χ2n) is 7.60. The molecule has 0 saturated carbocycles. The Morgan fingerprint density at radius 3 is 2.54 bits per heavy atom. The van der Waals surface area contributed by atoms with Gasteiger partial charge in [-0.2, -0.15) is 0 Å². The highest BCUT2D eigenvalue weighted by Crippen LogP contribution is 2.38. The topological polar surface area (TPSA) is 82.1 Å². The lowest BCUT2D eigenvalue weighted by Crippen LogP contribution is -2.42. The van der Waals surface area contributed by atoms with Crippen molar-refractivity contribution < 1.29 is 33.0 Å². The average Bonchev–Trinajstić information content (AvgIpc) is 3.11. The molecule has 1 heterocycles. The Balaban J connectivity index is 1.94. The molecule has 9 heteroatoms. The van der Waals surface area contributed by atoms with Crippen molar-refractivity contribution in [1.29, 1.82) is 0 Å². The number of methoxy groups -OCH3 is 1. The van der Waals surface area contributed by atoms with Gasteiger partial charge in [0.15, 0.2) is 11.5 Å². The number of ether oxygens (including phenoxy) is 3. The fourth-order valence-electron chi connectivity index (χ4n) is 3.48. The van der Waals surface area contributed by atoms with Crippen LogP contribution in [0.5, 0.6) is 11.5 Å². The molecule has 0 aliphatic carbocycles. The van der Waals surface area contributed by atoms with Gasteiger partial charge in [-0.25, -0.2) is 9.18 Å². The third-order valence-corrected chi connectivity index (χ3v) is 6.05. The Morgan fingerprint density at radius 1 is 1.20 bits per heavy atom. The first-order valence-corrected chi connectivity index (χ1v) is 11.7. The summed E-state index contributed by atoms with van der Waals surface area (Å²) < 4.78 is 29.7. The summed E-state index contributed by atoms with van der Waals surface area (Å²) in [6.07, 6.45) is 3.75. The molecule has 0 radical (unpaired) electrons. The maximum absolute atomic E-state index is 13.2. The van der Waals surface area contributed by atoms with E-state index in [2.05, 4.69) is 11.3 Å². The fraction of sp³-hybridized carbons (Fsp3) is 0.269. The second-order valence-corrected chi connectivity index (χ2v) is 8.59. The van der Waals surface area contributed by atoms with E-state index in [1.807, 2.05) is 13.0 Å². The summed E-state index contributed by atoms with van der Waals surface area (Å²) >= 11 is 0.752. The Bertz CT molecular complexity index is 1160. The highest BCUT2D eigenvalue weighted by Gasteiger charge is 2.41. The Morgan fingerprint density at radius 2 is 1.91 bits per heavy atom. The highest BCUT2D eigenvalue weighted by molar-refractivity contribution is 8.18. The molecular formula is C26H26FNO6S. The van der Waals surface area contributed by atoms with E-state index in [9.17, 15) is 18.8 Å². The molecule has 1 atom stereocenters. The molecule has 1 aliphatic heterocycles. The maximum atomic E-state index is 13.2. The van der Waals surface area contributed by atoms with Crippen LogP contribution >= 0.6 is 11.8 Å². The summed E-state index contributed by atoms with van der Waals surface area (Å²) in [6, 6.07) is 8.52. The molecule has 2 amide bonds. The molecule has 3 rings (SSSR count). The van der Waals surface area contributed by atoms with Crippen LogP contribution in [0.3, 0.4) is 0 Å². The molecular weight excluding hydrogens is 473 g/mol. The smallest absolute Gasteiger partial charge is 0.328 e. The van der Waals surface area contributed by atoms with Gasteiger partial charge in [-0.05, 0) is 73.5 Å². The van der Waals surface area contributed by atoms with Crippen LogP contribution in [0.15, 0.2) is 54.0 Å². The van der Waals surface area contributed by atoms with Crippen molar-refractivity contribution in [1.82, 2.24) is 4.90 Å². The van der Waals surface area contributed by atoms with Gasteiger partial charge in [-0.3, -0.25) is 14.5 Å². The average molecular weight is 500 g/mol. The van der Waals surface area contributed by atoms with E-state index in [4.69, 9.17) is 9.47 Å². The molecule has 1 fully saturated rings. The number of amides is 2. The zero-order valence-electron chi connectivity index (χ0n) is 19.7. The molecule has 0 aromatic heterocycles. The number of rotatable bonds is 10. The fourth-order valence-corrected chi connectivity index (χ4v) is 4.39. The van der Waals surface area contributed by atoms with E-state index < -0.39 is 23.2 Å². The third kappa shape index (κ3) is 6.10. The summed E-state index contributed by atoms with van der Waals surface area (Å²) in [6.45, 7) is 7.65. The molecule has 184 valence electrons. The molecule has 0 N–H and O–H groups in total. The van der Waals surface area contributed by atoms with Crippen LogP contribution in [0.2, 0.25) is 0 Å². The first-order chi connectivity index (χ1) is 16.8. The number of halogens is 1. The van der Waals surface area contributed by atoms with Gasteiger partial charge in [0.05, 0.1) is 18.6 Å². The van der Waals surface area contributed by atoms with Crippen LogP contribution in [0.25, 0.3) is 6.08 Å². The molecule has 35 heavy (non-hydrogen) atoms. The Kier molecular flexibility index (Phi) is 8.70. The van der Waals surface area contributed by atoms with E-state index in [0.717, 1.165) is 27.8 Å². The number of thioether (sulfide) groups is 1.